The largest absolute Gasteiger partial charge is 0.376 e. The van der Waals surface area contributed by atoms with Crippen molar-refractivity contribution in [1.29, 1.82) is 5.26 Å². The second kappa shape index (κ2) is 7.77. The zero-order valence-electron chi connectivity index (χ0n) is 13.9. The molecule has 25 heavy (non-hydrogen) atoms. The summed E-state index contributed by atoms with van der Waals surface area (Å²) in [7, 11) is 0. The zero-order valence-corrected chi connectivity index (χ0v) is 13.9. The lowest BCUT2D eigenvalue weighted by molar-refractivity contribution is -0.384. The Hall–Kier alpha value is -2.91. The first kappa shape index (κ1) is 16.9. The van der Waals surface area contributed by atoms with Gasteiger partial charge in [-0.25, -0.2) is 0 Å². The molecule has 1 saturated heterocycles. The molecule has 0 spiro atoms. The van der Waals surface area contributed by atoms with Gasteiger partial charge < -0.3 is 10.2 Å². The number of benzene rings is 2. The monoisotopic (exact) mass is 336 g/mol. The normalized spacial score (nSPS) is 15.5. The van der Waals surface area contributed by atoms with Crippen molar-refractivity contribution in [2.45, 2.75) is 18.9 Å². The van der Waals surface area contributed by atoms with Crippen LogP contribution in [0.2, 0.25) is 0 Å². The number of anilines is 1. The number of nitrogens with one attached hydrogen (secondary N) is 1. The third-order valence-corrected chi connectivity index (χ3v) is 4.51. The fraction of sp³-hybridized carbons (Fsp3) is 0.316. The molecule has 1 aliphatic heterocycles. The standard InChI is InChI=1S/C19H20N4O2/c20-13-16-12-17(23(24)25)8-9-18(16)21-19(14-22-10-4-5-11-22)15-6-2-1-3-7-15/h1-3,6-9,12,19,21H,4-5,10-11,14H2. The Morgan fingerprint density at radius 3 is 2.56 bits per heavy atom. The molecule has 1 fully saturated rings. The van der Waals surface area contributed by atoms with Crippen molar-refractivity contribution in [2.24, 2.45) is 0 Å². The summed E-state index contributed by atoms with van der Waals surface area (Å²) in [6.45, 7) is 3.00. The van der Waals surface area contributed by atoms with Gasteiger partial charge in [0.25, 0.3) is 5.69 Å². The van der Waals surface area contributed by atoms with E-state index in [-0.39, 0.29) is 17.3 Å². The van der Waals surface area contributed by atoms with Crippen LogP contribution in [0, 0.1) is 21.4 Å². The molecule has 2 aromatic rings. The Morgan fingerprint density at radius 1 is 1.20 bits per heavy atom. The predicted octanol–water partition coefficient (Wildman–Crippen LogP) is 3.72. The van der Waals surface area contributed by atoms with Gasteiger partial charge in [0.2, 0.25) is 0 Å². The van der Waals surface area contributed by atoms with Crippen molar-refractivity contribution in [3.63, 3.8) is 0 Å². The van der Waals surface area contributed by atoms with Gasteiger partial charge in [-0.3, -0.25) is 10.1 Å². The van der Waals surface area contributed by atoms with E-state index < -0.39 is 4.92 Å². The number of non-ortho nitro benzene ring substituents is 1. The molecule has 0 aliphatic carbocycles. The number of likely N-dealkylation sites (tertiary alicyclic amines) is 1. The van der Waals surface area contributed by atoms with Crippen molar-refractivity contribution in [1.82, 2.24) is 4.90 Å². The highest BCUT2D eigenvalue weighted by Crippen LogP contribution is 2.27. The number of nitro benzene ring substituents is 1. The van der Waals surface area contributed by atoms with Gasteiger partial charge in [-0.1, -0.05) is 30.3 Å². The predicted molar refractivity (Wildman–Crippen MR) is 96.3 cm³/mol. The maximum atomic E-state index is 10.9. The van der Waals surface area contributed by atoms with Crippen LogP contribution in [-0.2, 0) is 0 Å². The van der Waals surface area contributed by atoms with E-state index in [2.05, 4.69) is 28.4 Å². The van der Waals surface area contributed by atoms with Crippen molar-refractivity contribution < 1.29 is 4.92 Å². The molecule has 0 saturated carbocycles. The van der Waals surface area contributed by atoms with Crippen LogP contribution < -0.4 is 5.32 Å². The molecule has 1 N–H and O–H groups in total. The lowest BCUT2D eigenvalue weighted by Gasteiger charge is -2.26. The molecule has 0 aromatic heterocycles. The van der Waals surface area contributed by atoms with Crippen molar-refractivity contribution in [2.75, 3.05) is 25.0 Å². The van der Waals surface area contributed by atoms with E-state index in [1.54, 1.807) is 6.07 Å². The summed E-state index contributed by atoms with van der Waals surface area (Å²) in [5.74, 6) is 0. The van der Waals surface area contributed by atoms with Gasteiger partial charge in [-0.2, -0.15) is 5.26 Å². The second-order valence-corrected chi connectivity index (χ2v) is 6.21. The van der Waals surface area contributed by atoms with Crippen LogP contribution in [0.3, 0.4) is 0 Å². The van der Waals surface area contributed by atoms with E-state index in [0.717, 1.165) is 25.2 Å². The number of hydrogen-bond acceptors (Lipinski definition) is 5. The van der Waals surface area contributed by atoms with E-state index in [1.165, 1.54) is 25.0 Å². The highest BCUT2D eigenvalue weighted by Gasteiger charge is 2.20. The minimum absolute atomic E-state index is 0.0212. The average molecular weight is 336 g/mol. The SMILES string of the molecule is N#Cc1cc([N+](=O)[O-])ccc1NC(CN1CCCC1)c1ccccc1. The first-order chi connectivity index (χ1) is 12.2. The second-order valence-electron chi connectivity index (χ2n) is 6.21. The van der Waals surface area contributed by atoms with E-state index in [0.29, 0.717) is 5.69 Å². The number of nitriles is 1. The molecule has 1 heterocycles. The van der Waals surface area contributed by atoms with Gasteiger partial charge in [0, 0.05) is 18.7 Å². The van der Waals surface area contributed by atoms with Crippen LogP contribution in [0.15, 0.2) is 48.5 Å². The molecule has 0 radical (unpaired) electrons. The van der Waals surface area contributed by atoms with E-state index in [9.17, 15) is 15.4 Å². The number of rotatable bonds is 6. The lowest BCUT2D eigenvalue weighted by atomic mass is 10.0. The summed E-state index contributed by atoms with van der Waals surface area (Å²) in [5, 5.41) is 23.7. The summed E-state index contributed by atoms with van der Waals surface area (Å²) in [6, 6.07) is 16.5. The first-order valence-electron chi connectivity index (χ1n) is 8.40. The quantitative estimate of drug-likeness (QED) is 0.642. The van der Waals surface area contributed by atoms with Gasteiger partial charge in [-0.05, 0) is 37.6 Å². The Balaban J connectivity index is 1.87. The summed E-state index contributed by atoms with van der Waals surface area (Å²) in [6.07, 6.45) is 2.42. The highest BCUT2D eigenvalue weighted by atomic mass is 16.6. The molecule has 6 nitrogen and oxygen atoms in total. The molecule has 2 aromatic carbocycles. The maximum Gasteiger partial charge on any atom is 0.270 e. The third-order valence-electron chi connectivity index (χ3n) is 4.51. The van der Waals surface area contributed by atoms with Gasteiger partial charge in [0.1, 0.15) is 6.07 Å². The number of nitro groups is 1. The minimum atomic E-state index is -0.483. The first-order valence-corrected chi connectivity index (χ1v) is 8.40. The van der Waals surface area contributed by atoms with Gasteiger partial charge in [0.15, 0.2) is 0 Å². The van der Waals surface area contributed by atoms with Crippen LogP contribution in [0.1, 0.15) is 30.0 Å². The average Bonchev–Trinajstić information content (AvgIpc) is 3.15. The molecule has 6 heteroatoms. The lowest BCUT2D eigenvalue weighted by Crippen LogP contribution is -2.29. The molecule has 1 atom stereocenters. The van der Waals surface area contributed by atoms with E-state index in [1.807, 2.05) is 18.2 Å². The van der Waals surface area contributed by atoms with Crippen molar-refractivity contribution in [3.8, 4) is 6.07 Å². The molecular formula is C19H20N4O2. The van der Waals surface area contributed by atoms with E-state index in [4.69, 9.17) is 0 Å². The Morgan fingerprint density at radius 2 is 1.92 bits per heavy atom. The third kappa shape index (κ3) is 4.14. The fourth-order valence-corrected chi connectivity index (χ4v) is 3.20. The molecule has 1 aliphatic rings. The van der Waals surface area contributed by atoms with Gasteiger partial charge in [0.05, 0.1) is 22.2 Å². The summed E-state index contributed by atoms with van der Waals surface area (Å²) >= 11 is 0. The Kier molecular flexibility index (Phi) is 5.26. The highest BCUT2D eigenvalue weighted by molar-refractivity contribution is 5.62. The van der Waals surface area contributed by atoms with Gasteiger partial charge >= 0.3 is 0 Å². The molecule has 0 bridgehead atoms. The molecule has 128 valence electrons. The molecule has 3 rings (SSSR count). The topological polar surface area (TPSA) is 82.2 Å². The summed E-state index contributed by atoms with van der Waals surface area (Å²) in [4.78, 5) is 12.8. The maximum absolute atomic E-state index is 10.9. The van der Waals surface area contributed by atoms with Crippen LogP contribution in [-0.4, -0.2) is 29.5 Å². The summed E-state index contributed by atoms with van der Waals surface area (Å²) < 4.78 is 0. The van der Waals surface area contributed by atoms with E-state index >= 15 is 0 Å². The van der Waals surface area contributed by atoms with Crippen LogP contribution >= 0.6 is 0 Å². The van der Waals surface area contributed by atoms with Crippen LogP contribution in [0.5, 0.6) is 0 Å². The molecule has 1 unspecified atom stereocenters. The smallest absolute Gasteiger partial charge is 0.270 e. The Labute approximate surface area is 146 Å². The molecular weight excluding hydrogens is 316 g/mol. The zero-order chi connectivity index (χ0) is 17.6. The fourth-order valence-electron chi connectivity index (χ4n) is 3.20. The number of hydrogen-bond donors (Lipinski definition) is 1. The Bertz CT molecular complexity index is 780. The minimum Gasteiger partial charge on any atom is -0.376 e. The summed E-state index contributed by atoms with van der Waals surface area (Å²) in [5.41, 5.74) is 1.98. The molecule has 0 amide bonds. The van der Waals surface area contributed by atoms with Crippen molar-refractivity contribution in [3.05, 3.63) is 69.8 Å². The van der Waals surface area contributed by atoms with Crippen molar-refractivity contribution >= 4 is 11.4 Å². The number of nitrogens with zero attached hydrogens (tertiary/aromatic N) is 3. The van der Waals surface area contributed by atoms with Crippen LogP contribution in [0.4, 0.5) is 11.4 Å². The van der Waals surface area contributed by atoms with Gasteiger partial charge in [-0.15, -0.1) is 0 Å². The van der Waals surface area contributed by atoms with Crippen LogP contribution in [0.25, 0.3) is 0 Å².